The van der Waals surface area contributed by atoms with Gasteiger partial charge >= 0.3 is 0 Å². The number of aryl methyl sites for hydroxylation is 1. The van der Waals surface area contributed by atoms with Gasteiger partial charge in [0.05, 0.1) is 24.7 Å². The van der Waals surface area contributed by atoms with Gasteiger partial charge < -0.3 is 14.0 Å². The van der Waals surface area contributed by atoms with Crippen molar-refractivity contribution in [2.45, 2.75) is 6.92 Å². The second-order valence-electron chi connectivity index (χ2n) is 6.58. The average Bonchev–Trinajstić information content (AvgIpc) is 3.14. The molecule has 4 rings (SSSR count). The van der Waals surface area contributed by atoms with E-state index in [0.717, 1.165) is 22.8 Å². The molecule has 0 amide bonds. The van der Waals surface area contributed by atoms with Gasteiger partial charge in [0.1, 0.15) is 5.75 Å². The molecule has 4 aromatic rings. The van der Waals surface area contributed by atoms with Gasteiger partial charge in [-0.3, -0.25) is 4.99 Å². The predicted octanol–water partition coefficient (Wildman–Crippen LogP) is 6.34. The number of aliphatic imine (C=N–C) groups is 1. The standard InChI is InChI=1S/C25H22N2O2/c1-19-12-15-22(27(19)21-8-4-3-5-9-21)18-26-20-13-16-23(17-14-20)29-25-11-7-6-10-24(25)28-2/h3-18H,1-2H3. The Labute approximate surface area is 170 Å². The highest BCUT2D eigenvalue weighted by molar-refractivity contribution is 5.81. The maximum Gasteiger partial charge on any atom is 0.169 e. The molecule has 3 aromatic carbocycles. The summed E-state index contributed by atoms with van der Waals surface area (Å²) in [4.78, 5) is 4.63. The van der Waals surface area contributed by atoms with E-state index in [9.17, 15) is 0 Å². The van der Waals surface area contributed by atoms with E-state index in [1.807, 2.05) is 72.9 Å². The zero-order valence-electron chi connectivity index (χ0n) is 16.4. The molecule has 0 spiro atoms. The van der Waals surface area contributed by atoms with Crippen LogP contribution >= 0.6 is 0 Å². The molecular weight excluding hydrogens is 360 g/mol. The zero-order valence-corrected chi connectivity index (χ0v) is 16.4. The largest absolute Gasteiger partial charge is 0.493 e. The molecule has 0 saturated heterocycles. The molecule has 0 aliphatic rings. The minimum atomic E-state index is 0.683. The molecule has 1 heterocycles. The van der Waals surface area contributed by atoms with Crippen LogP contribution in [0, 0.1) is 6.92 Å². The number of aromatic nitrogens is 1. The van der Waals surface area contributed by atoms with E-state index in [-0.39, 0.29) is 0 Å². The number of hydrogen-bond acceptors (Lipinski definition) is 3. The molecule has 0 bridgehead atoms. The third-order valence-electron chi connectivity index (χ3n) is 4.60. The summed E-state index contributed by atoms with van der Waals surface area (Å²) in [5.74, 6) is 2.12. The van der Waals surface area contributed by atoms with Crippen molar-refractivity contribution in [2.75, 3.05) is 7.11 Å². The first kappa shape index (κ1) is 18.6. The summed E-state index contributed by atoms with van der Waals surface area (Å²) < 4.78 is 13.4. The second-order valence-corrected chi connectivity index (χ2v) is 6.58. The maximum atomic E-state index is 5.92. The van der Waals surface area contributed by atoms with Gasteiger partial charge in [0, 0.05) is 11.4 Å². The van der Waals surface area contributed by atoms with Gasteiger partial charge in [-0.2, -0.15) is 0 Å². The highest BCUT2D eigenvalue weighted by Crippen LogP contribution is 2.31. The Hall–Kier alpha value is -3.79. The lowest BCUT2D eigenvalue weighted by molar-refractivity contribution is 0.379. The molecular formula is C25H22N2O2. The molecule has 29 heavy (non-hydrogen) atoms. The van der Waals surface area contributed by atoms with E-state index in [0.29, 0.717) is 11.5 Å². The smallest absolute Gasteiger partial charge is 0.169 e. The molecule has 0 N–H and O–H groups in total. The highest BCUT2D eigenvalue weighted by Gasteiger charge is 2.06. The van der Waals surface area contributed by atoms with Crippen molar-refractivity contribution in [3.63, 3.8) is 0 Å². The van der Waals surface area contributed by atoms with Crippen LogP contribution in [0.25, 0.3) is 5.69 Å². The van der Waals surface area contributed by atoms with Crippen LogP contribution < -0.4 is 9.47 Å². The van der Waals surface area contributed by atoms with Crippen LogP contribution in [0.3, 0.4) is 0 Å². The van der Waals surface area contributed by atoms with Gasteiger partial charge in [0.2, 0.25) is 0 Å². The fourth-order valence-electron chi connectivity index (χ4n) is 3.16. The summed E-state index contributed by atoms with van der Waals surface area (Å²) in [6.07, 6.45) is 1.89. The van der Waals surface area contributed by atoms with Gasteiger partial charge in [-0.05, 0) is 67.6 Å². The lowest BCUT2D eigenvalue weighted by atomic mass is 10.3. The van der Waals surface area contributed by atoms with E-state index in [1.54, 1.807) is 7.11 Å². The molecule has 0 atom stereocenters. The van der Waals surface area contributed by atoms with Crippen LogP contribution in [0.2, 0.25) is 0 Å². The van der Waals surface area contributed by atoms with Crippen LogP contribution in [0.1, 0.15) is 11.4 Å². The molecule has 0 radical (unpaired) electrons. The van der Waals surface area contributed by atoms with Gasteiger partial charge in [-0.25, -0.2) is 0 Å². The molecule has 0 aliphatic carbocycles. The SMILES string of the molecule is COc1ccccc1Oc1ccc(N=Cc2ccc(C)n2-c2ccccc2)cc1. The van der Waals surface area contributed by atoms with Crippen molar-refractivity contribution in [3.05, 3.63) is 102 Å². The minimum Gasteiger partial charge on any atom is -0.493 e. The average molecular weight is 382 g/mol. The summed E-state index contributed by atoms with van der Waals surface area (Å²) in [7, 11) is 1.63. The summed E-state index contributed by atoms with van der Waals surface area (Å²) in [6.45, 7) is 2.09. The van der Waals surface area contributed by atoms with Crippen LogP contribution in [-0.4, -0.2) is 17.9 Å². The zero-order chi connectivity index (χ0) is 20.1. The van der Waals surface area contributed by atoms with Crippen LogP contribution in [0.5, 0.6) is 17.2 Å². The number of methoxy groups -OCH3 is 1. The summed E-state index contributed by atoms with van der Waals surface area (Å²) >= 11 is 0. The van der Waals surface area contributed by atoms with E-state index in [1.165, 1.54) is 5.69 Å². The van der Waals surface area contributed by atoms with Gasteiger partial charge in [-0.15, -0.1) is 0 Å². The molecule has 0 aliphatic heterocycles. The topological polar surface area (TPSA) is 35.8 Å². The molecule has 4 heteroatoms. The second kappa shape index (κ2) is 8.48. The van der Waals surface area contributed by atoms with Gasteiger partial charge in [-0.1, -0.05) is 30.3 Å². The monoisotopic (exact) mass is 382 g/mol. The Balaban J connectivity index is 1.52. The van der Waals surface area contributed by atoms with Gasteiger partial charge in [0.25, 0.3) is 0 Å². The molecule has 1 aromatic heterocycles. The Morgan fingerprint density at radius 2 is 1.45 bits per heavy atom. The van der Waals surface area contributed by atoms with Crippen molar-refractivity contribution >= 4 is 11.9 Å². The maximum absolute atomic E-state index is 5.92. The first-order valence-electron chi connectivity index (χ1n) is 9.43. The fourth-order valence-corrected chi connectivity index (χ4v) is 3.16. The van der Waals surface area contributed by atoms with Crippen LogP contribution in [0.15, 0.2) is 96.0 Å². The predicted molar refractivity (Wildman–Crippen MR) is 117 cm³/mol. The molecule has 0 saturated carbocycles. The Morgan fingerprint density at radius 3 is 2.17 bits per heavy atom. The molecule has 4 nitrogen and oxygen atoms in total. The summed E-state index contributed by atoms with van der Waals surface area (Å²) in [6, 6.07) is 29.7. The quantitative estimate of drug-likeness (QED) is 0.365. The number of benzene rings is 3. The molecule has 0 unspecified atom stereocenters. The van der Waals surface area contributed by atoms with Crippen LogP contribution in [-0.2, 0) is 0 Å². The third-order valence-corrected chi connectivity index (χ3v) is 4.60. The summed E-state index contributed by atoms with van der Waals surface area (Å²) in [5, 5.41) is 0. The first-order chi connectivity index (χ1) is 14.2. The van der Waals surface area contributed by atoms with Crippen molar-refractivity contribution in [1.82, 2.24) is 4.57 Å². The minimum absolute atomic E-state index is 0.683. The van der Waals surface area contributed by atoms with Crippen molar-refractivity contribution < 1.29 is 9.47 Å². The number of para-hydroxylation sites is 3. The lowest BCUT2D eigenvalue weighted by Gasteiger charge is -2.10. The third kappa shape index (κ3) is 4.22. The van der Waals surface area contributed by atoms with Crippen molar-refractivity contribution in [2.24, 2.45) is 4.99 Å². The van der Waals surface area contributed by atoms with E-state index in [2.05, 4.69) is 40.7 Å². The Kier molecular flexibility index (Phi) is 5.43. The van der Waals surface area contributed by atoms with E-state index >= 15 is 0 Å². The Bertz CT molecular complexity index is 1110. The highest BCUT2D eigenvalue weighted by atomic mass is 16.5. The van der Waals surface area contributed by atoms with Crippen LogP contribution in [0.4, 0.5) is 5.69 Å². The number of rotatable bonds is 6. The van der Waals surface area contributed by atoms with E-state index < -0.39 is 0 Å². The molecule has 0 fully saturated rings. The van der Waals surface area contributed by atoms with Gasteiger partial charge in [0.15, 0.2) is 11.5 Å². The Morgan fingerprint density at radius 1 is 0.759 bits per heavy atom. The normalized spacial score (nSPS) is 11.0. The number of hydrogen-bond donors (Lipinski definition) is 0. The number of nitrogens with zero attached hydrogens (tertiary/aromatic N) is 2. The lowest BCUT2D eigenvalue weighted by Crippen LogP contribution is -2.00. The first-order valence-corrected chi connectivity index (χ1v) is 9.43. The fraction of sp³-hybridized carbons (Fsp3) is 0.0800. The van der Waals surface area contributed by atoms with Crippen molar-refractivity contribution in [3.8, 4) is 22.9 Å². The van der Waals surface area contributed by atoms with E-state index in [4.69, 9.17) is 9.47 Å². The molecule has 144 valence electrons. The number of ether oxygens (including phenoxy) is 2. The van der Waals surface area contributed by atoms with Crippen molar-refractivity contribution in [1.29, 1.82) is 0 Å². The summed E-state index contributed by atoms with van der Waals surface area (Å²) in [5.41, 5.74) is 4.18.